The monoisotopic (exact) mass is 239 g/mol. The van der Waals surface area contributed by atoms with Gasteiger partial charge < -0.3 is 5.11 Å². The number of hydrogen-bond donors (Lipinski definition) is 1. The highest BCUT2D eigenvalue weighted by atomic mass is 16.4. The highest BCUT2D eigenvalue weighted by Crippen LogP contribution is 2.41. The Labute approximate surface area is 104 Å². The van der Waals surface area contributed by atoms with E-state index in [0.717, 1.165) is 25.9 Å². The second-order valence-corrected chi connectivity index (χ2v) is 6.16. The summed E-state index contributed by atoms with van der Waals surface area (Å²) in [6, 6.07) is 0.317. The highest BCUT2D eigenvalue weighted by molar-refractivity contribution is 5.71. The van der Waals surface area contributed by atoms with Crippen molar-refractivity contribution in [3.05, 3.63) is 0 Å². The van der Waals surface area contributed by atoms with Gasteiger partial charge in [0.05, 0.1) is 5.92 Å². The summed E-state index contributed by atoms with van der Waals surface area (Å²) in [4.78, 5) is 13.9. The van der Waals surface area contributed by atoms with E-state index in [9.17, 15) is 9.90 Å². The Bertz CT molecular complexity index is 273. The van der Waals surface area contributed by atoms with Crippen LogP contribution in [0.3, 0.4) is 0 Å². The van der Waals surface area contributed by atoms with E-state index in [-0.39, 0.29) is 5.92 Å². The summed E-state index contributed by atoms with van der Waals surface area (Å²) >= 11 is 0. The Hall–Kier alpha value is -0.570. The van der Waals surface area contributed by atoms with E-state index in [1.165, 1.54) is 19.3 Å². The molecule has 0 bridgehead atoms. The molecule has 0 unspecified atom stereocenters. The molecule has 3 nitrogen and oxygen atoms in total. The van der Waals surface area contributed by atoms with E-state index in [0.29, 0.717) is 17.9 Å². The number of carboxylic acid groups (broad SMARTS) is 1. The lowest BCUT2D eigenvalue weighted by molar-refractivity contribution is -0.144. The molecule has 2 fully saturated rings. The van der Waals surface area contributed by atoms with Gasteiger partial charge in [-0.05, 0) is 44.1 Å². The molecule has 2 aliphatic rings. The van der Waals surface area contributed by atoms with Gasteiger partial charge in [-0.3, -0.25) is 9.69 Å². The van der Waals surface area contributed by atoms with Gasteiger partial charge in [-0.2, -0.15) is 0 Å². The average molecular weight is 239 g/mol. The van der Waals surface area contributed by atoms with E-state index in [4.69, 9.17) is 0 Å². The van der Waals surface area contributed by atoms with E-state index in [1.807, 2.05) is 0 Å². The molecule has 1 heterocycles. The topological polar surface area (TPSA) is 40.5 Å². The first-order valence-electron chi connectivity index (χ1n) is 7.06. The summed E-state index contributed by atoms with van der Waals surface area (Å²) in [6.45, 7) is 6.61. The van der Waals surface area contributed by atoms with Gasteiger partial charge in [-0.1, -0.05) is 20.3 Å². The normalized spacial score (nSPS) is 31.5. The van der Waals surface area contributed by atoms with Crippen LogP contribution in [0, 0.1) is 17.8 Å². The molecular formula is C14H25NO2. The molecule has 98 valence electrons. The van der Waals surface area contributed by atoms with E-state index in [1.54, 1.807) is 0 Å². The number of nitrogens with zero attached hydrogens (tertiary/aromatic N) is 1. The van der Waals surface area contributed by atoms with Gasteiger partial charge in [0.15, 0.2) is 0 Å². The maximum Gasteiger partial charge on any atom is 0.308 e. The molecule has 0 aromatic rings. The van der Waals surface area contributed by atoms with E-state index < -0.39 is 5.97 Å². The summed E-state index contributed by atoms with van der Waals surface area (Å²) in [5, 5.41) is 9.44. The Kier molecular flexibility index (Phi) is 4.08. The smallest absolute Gasteiger partial charge is 0.308 e. The Balaban J connectivity index is 2.12. The van der Waals surface area contributed by atoms with Gasteiger partial charge in [0.1, 0.15) is 0 Å². The molecule has 1 N–H and O–H groups in total. The zero-order valence-corrected chi connectivity index (χ0v) is 11.1. The van der Waals surface area contributed by atoms with Crippen LogP contribution in [0.1, 0.15) is 46.0 Å². The minimum absolute atomic E-state index is 0.122. The summed E-state index contributed by atoms with van der Waals surface area (Å²) in [7, 11) is 0. The van der Waals surface area contributed by atoms with E-state index >= 15 is 0 Å². The molecule has 1 aliphatic heterocycles. The first kappa shape index (κ1) is 12.9. The minimum atomic E-state index is -0.572. The van der Waals surface area contributed by atoms with Crippen LogP contribution in [-0.2, 0) is 4.79 Å². The predicted molar refractivity (Wildman–Crippen MR) is 67.9 cm³/mol. The fourth-order valence-electron chi connectivity index (χ4n) is 3.27. The maximum absolute atomic E-state index is 11.5. The Morgan fingerprint density at radius 1 is 1.29 bits per heavy atom. The second kappa shape index (κ2) is 5.38. The number of hydrogen-bond acceptors (Lipinski definition) is 2. The average Bonchev–Trinajstić information content (AvgIpc) is 3.01. The standard InChI is InChI=1S/C14H25NO2/c1-10(2)9-15-8-4-3-5-12(14(16)17)13(15)11-6-7-11/h10-13H,3-9H2,1-2H3,(H,16,17)/t12-,13+/m0/s1. The van der Waals surface area contributed by atoms with Crippen molar-refractivity contribution in [1.29, 1.82) is 0 Å². The van der Waals surface area contributed by atoms with Crippen molar-refractivity contribution >= 4 is 5.97 Å². The number of likely N-dealkylation sites (tertiary alicyclic amines) is 1. The molecule has 2 rings (SSSR count). The Morgan fingerprint density at radius 3 is 2.53 bits per heavy atom. The maximum atomic E-state index is 11.5. The van der Waals surface area contributed by atoms with Crippen LogP contribution >= 0.6 is 0 Å². The Morgan fingerprint density at radius 2 is 2.00 bits per heavy atom. The van der Waals surface area contributed by atoms with Crippen molar-refractivity contribution in [2.45, 2.75) is 52.0 Å². The van der Waals surface area contributed by atoms with E-state index in [2.05, 4.69) is 18.7 Å². The summed E-state index contributed by atoms with van der Waals surface area (Å²) in [6.07, 6.45) is 5.60. The summed E-state index contributed by atoms with van der Waals surface area (Å²) < 4.78 is 0. The number of rotatable bonds is 4. The van der Waals surface area contributed by atoms with Crippen LogP contribution in [-0.4, -0.2) is 35.1 Å². The molecule has 17 heavy (non-hydrogen) atoms. The number of carbonyl (C=O) groups is 1. The molecule has 1 aliphatic carbocycles. The zero-order valence-electron chi connectivity index (χ0n) is 11.1. The lowest BCUT2D eigenvalue weighted by atomic mass is 9.91. The lowest BCUT2D eigenvalue weighted by Gasteiger charge is -2.34. The molecule has 3 heteroatoms. The van der Waals surface area contributed by atoms with Crippen LogP contribution in [0.2, 0.25) is 0 Å². The van der Waals surface area contributed by atoms with Crippen LogP contribution in [0.25, 0.3) is 0 Å². The van der Waals surface area contributed by atoms with Crippen molar-refractivity contribution in [2.24, 2.45) is 17.8 Å². The van der Waals surface area contributed by atoms with Crippen LogP contribution in [0.15, 0.2) is 0 Å². The van der Waals surface area contributed by atoms with Crippen molar-refractivity contribution in [3.8, 4) is 0 Å². The number of carboxylic acids is 1. The third kappa shape index (κ3) is 3.21. The third-order valence-electron chi connectivity index (χ3n) is 4.07. The first-order valence-corrected chi connectivity index (χ1v) is 7.06. The fourth-order valence-corrected chi connectivity index (χ4v) is 3.27. The van der Waals surface area contributed by atoms with Gasteiger partial charge in [0.2, 0.25) is 0 Å². The molecule has 0 radical (unpaired) electrons. The van der Waals surface area contributed by atoms with Gasteiger partial charge in [-0.15, -0.1) is 0 Å². The van der Waals surface area contributed by atoms with Gasteiger partial charge in [0.25, 0.3) is 0 Å². The van der Waals surface area contributed by atoms with Crippen LogP contribution in [0.5, 0.6) is 0 Å². The first-order chi connectivity index (χ1) is 8.09. The van der Waals surface area contributed by atoms with Crippen molar-refractivity contribution in [2.75, 3.05) is 13.1 Å². The molecule has 1 saturated carbocycles. The largest absolute Gasteiger partial charge is 0.481 e. The van der Waals surface area contributed by atoms with Gasteiger partial charge in [-0.25, -0.2) is 0 Å². The SMILES string of the molecule is CC(C)CN1CCCC[C@H](C(=O)O)[C@H]1C1CC1. The molecule has 0 amide bonds. The third-order valence-corrected chi connectivity index (χ3v) is 4.07. The molecule has 0 aromatic heterocycles. The summed E-state index contributed by atoms with van der Waals surface area (Å²) in [5.74, 6) is 0.595. The van der Waals surface area contributed by atoms with Gasteiger partial charge >= 0.3 is 5.97 Å². The quantitative estimate of drug-likeness (QED) is 0.820. The van der Waals surface area contributed by atoms with Gasteiger partial charge in [0, 0.05) is 12.6 Å². The molecule has 1 saturated heterocycles. The zero-order chi connectivity index (χ0) is 12.4. The highest BCUT2D eigenvalue weighted by Gasteiger charge is 2.43. The lowest BCUT2D eigenvalue weighted by Crippen LogP contribution is -2.45. The van der Waals surface area contributed by atoms with Crippen molar-refractivity contribution < 1.29 is 9.90 Å². The minimum Gasteiger partial charge on any atom is -0.481 e. The molecule has 0 spiro atoms. The van der Waals surface area contributed by atoms with Crippen molar-refractivity contribution in [3.63, 3.8) is 0 Å². The molecule has 2 atom stereocenters. The number of aliphatic carboxylic acids is 1. The molecule has 0 aromatic carbocycles. The van der Waals surface area contributed by atoms with Crippen molar-refractivity contribution in [1.82, 2.24) is 4.90 Å². The molecular weight excluding hydrogens is 214 g/mol. The summed E-state index contributed by atoms with van der Waals surface area (Å²) in [5.41, 5.74) is 0. The predicted octanol–water partition coefficient (Wildman–Crippen LogP) is 2.61. The van der Waals surface area contributed by atoms with Crippen LogP contribution in [0.4, 0.5) is 0 Å². The van der Waals surface area contributed by atoms with Crippen LogP contribution < -0.4 is 0 Å². The fraction of sp³-hybridized carbons (Fsp3) is 0.929. The second-order valence-electron chi connectivity index (χ2n) is 6.16.